The lowest BCUT2D eigenvalue weighted by atomic mass is 10.0. The fourth-order valence-corrected chi connectivity index (χ4v) is 4.20. The Morgan fingerprint density at radius 2 is 1.70 bits per heavy atom. The van der Waals surface area contributed by atoms with Crippen LogP contribution in [0.25, 0.3) is 11.3 Å². The molecular formula is C24H27N3O2S. The SMILES string of the molecule is CCc1sc(NC(=O)c2cccc(NC(=O)C(CC)CC)c2)nc1-c1ccccc1. The van der Waals surface area contributed by atoms with Crippen molar-refractivity contribution in [3.8, 4) is 11.3 Å². The molecule has 0 atom stereocenters. The van der Waals surface area contributed by atoms with E-state index in [1.165, 1.54) is 11.3 Å². The first kappa shape index (κ1) is 21.7. The number of nitrogens with one attached hydrogen (secondary N) is 2. The van der Waals surface area contributed by atoms with Crippen LogP contribution in [0.15, 0.2) is 54.6 Å². The van der Waals surface area contributed by atoms with Crippen molar-refractivity contribution in [2.24, 2.45) is 5.92 Å². The first-order valence-corrected chi connectivity index (χ1v) is 11.1. The van der Waals surface area contributed by atoms with Crippen molar-refractivity contribution in [2.75, 3.05) is 10.6 Å². The summed E-state index contributed by atoms with van der Waals surface area (Å²) < 4.78 is 0. The Bertz CT molecular complexity index is 1010. The minimum Gasteiger partial charge on any atom is -0.326 e. The molecule has 1 aromatic heterocycles. The second kappa shape index (κ2) is 10.2. The molecule has 156 valence electrons. The number of anilines is 2. The van der Waals surface area contributed by atoms with Gasteiger partial charge in [0.05, 0.1) is 5.69 Å². The van der Waals surface area contributed by atoms with Crippen LogP contribution in [0.1, 0.15) is 48.8 Å². The lowest BCUT2D eigenvalue weighted by Crippen LogP contribution is -2.22. The van der Waals surface area contributed by atoms with Crippen molar-refractivity contribution < 1.29 is 9.59 Å². The Morgan fingerprint density at radius 3 is 2.37 bits per heavy atom. The normalized spacial score (nSPS) is 10.8. The van der Waals surface area contributed by atoms with Gasteiger partial charge in [0, 0.05) is 27.6 Å². The highest BCUT2D eigenvalue weighted by Crippen LogP contribution is 2.31. The maximum atomic E-state index is 12.8. The van der Waals surface area contributed by atoms with E-state index in [1.54, 1.807) is 24.3 Å². The van der Waals surface area contributed by atoms with Crippen LogP contribution >= 0.6 is 11.3 Å². The predicted molar refractivity (Wildman–Crippen MR) is 124 cm³/mol. The van der Waals surface area contributed by atoms with E-state index in [1.807, 2.05) is 44.2 Å². The highest BCUT2D eigenvalue weighted by Gasteiger charge is 2.17. The summed E-state index contributed by atoms with van der Waals surface area (Å²) in [5.41, 5.74) is 3.05. The fraction of sp³-hybridized carbons (Fsp3) is 0.292. The van der Waals surface area contributed by atoms with E-state index in [0.29, 0.717) is 16.4 Å². The van der Waals surface area contributed by atoms with Crippen LogP contribution in [-0.4, -0.2) is 16.8 Å². The standard InChI is InChI=1S/C24H27N3O2S/c1-4-16(5-2)22(28)25-19-14-10-13-18(15-19)23(29)27-24-26-21(20(6-3)30-24)17-11-8-7-9-12-17/h7-16H,4-6H2,1-3H3,(H,25,28)(H,26,27,29). The predicted octanol–water partition coefficient (Wildman–Crippen LogP) is 6.00. The molecule has 0 saturated heterocycles. The van der Waals surface area contributed by atoms with Gasteiger partial charge in [0.15, 0.2) is 5.13 Å². The van der Waals surface area contributed by atoms with Crippen molar-refractivity contribution in [3.05, 3.63) is 65.0 Å². The molecule has 0 radical (unpaired) electrons. The maximum Gasteiger partial charge on any atom is 0.257 e. The Morgan fingerprint density at radius 1 is 0.967 bits per heavy atom. The number of carbonyl (C=O) groups is 2. The molecule has 2 amide bonds. The fourth-order valence-electron chi connectivity index (χ4n) is 3.28. The highest BCUT2D eigenvalue weighted by molar-refractivity contribution is 7.16. The quantitative estimate of drug-likeness (QED) is 0.469. The molecule has 30 heavy (non-hydrogen) atoms. The van der Waals surface area contributed by atoms with Gasteiger partial charge in [-0.25, -0.2) is 4.98 Å². The second-order valence-corrected chi connectivity index (χ2v) is 8.13. The van der Waals surface area contributed by atoms with Gasteiger partial charge in [-0.3, -0.25) is 14.9 Å². The molecule has 0 aliphatic rings. The average molecular weight is 422 g/mol. The molecule has 0 bridgehead atoms. The molecule has 0 aliphatic carbocycles. The Hall–Kier alpha value is -2.99. The Balaban J connectivity index is 1.75. The van der Waals surface area contributed by atoms with Gasteiger partial charge in [0.2, 0.25) is 5.91 Å². The highest BCUT2D eigenvalue weighted by atomic mass is 32.1. The van der Waals surface area contributed by atoms with Crippen LogP contribution in [0.2, 0.25) is 0 Å². The van der Waals surface area contributed by atoms with Crippen LogP contribution in [-0.2, 0) is 11.2 Å². The molecular weight excluding hydrogens is 394 g/mol. The largest absolute Gasteiger partial charge is 0.326 e. The van der Waals surface area contributed by atoms with E-state index in [9.17, 15) is 9.59 Å². The summed E-state index contributed by atoms with van der Waals surface area (Å²) in [5.74, 6) is -0.288. The third-order valence-corrected chi connectivity index (χ3v) is 6.15. The lowest BCUT2D eigenvalue weighted by Gasteiger charge is -2.13. The number of hydrogen-bond acceptors (Lipinski definition) is 4. The summed E-state index contributed by atoms with van der Waals surface area (Å²) in [4.78, 5) is 30.9. The zero-order valence-corrected chi connectivity index (χ0v) is 18.4. The van der Waals surface area contributed by atoms with Crippen molar-refractivity contribution >= 4 is 34.0 Å². The Labute approximate surface area is 181 Å². The van der Waals surface area contributed by atoms with E-state index >= 15 is 0 Å². The number of thiazole rings is 1. The molecule has 2 aromatic carbocycles. The number of carbonyl (C=O) groups excluding carboxylic acids is 2. The molecule has 0 saturated carbocycles. The molecule has 0 unspecified atom stereocenters. The topological polar surface area (TPSA) is 71.1 Å². The van der Waals surface area contributed by atoms with Crippen LogP contribution in [0, 0.1) is 5.92 Å². The van der Waals surface area contributed by atoms with Gasteiger partial charge in [0.25, 0.3) is 5.91 Å². The lowest BCUT2D eigenvalue weighted by molar-refractivity contribution is -0.120. The van der Waals surface area contributed by atoms with Gasteiger partial charge in [-0.2, -0.15) is 0 Å². The third kappa shape index (κ3) is 5.13. The van der Waals surface area contributed by atoms with E-state index in [0.717, 1.165) is 35.4 Å². The first-order chi connectivity index (χ1) is 14.5. The van der Waals surface area contributed by atoms with Crippen molar-refractivity contribution in [2.45, 2.75) is 40.0 Å². The third-order valence-electron chi connectivity index (χ3n) is 5.03. The number of aromatic nitrogens is 1. The molecule has 1 heterocycles. The maximum absolute atomic E-state index is 12.8. The van der Waals surface area contributed by atoms with Gasteiger partial charge >= 0.3 is 0 Å². The second-order valence-electron chi connectivity index (χ2n) is 7.05. The summed E-state index contributed by atoms with van der Waals surface area (Å²) in [6.07, 6.45) is 2.42. The summed E-state index contributed by atoms with van der Waals surface area (Å²) in [6.45, 7) is 6.08. The minimum absolute atomic E-state index is 0.0161. The molecule has 0 spiro atoms. The number of amides is 2. The molecule has 3 rings (SSSR count). The van der Waals surface area contributed by atoms with Crippen LogP contribution in [0.3, 0.4) is 0 Å². The molecule has 2 N–H and O–H groups in total. The van der Waals surface area contributed by atoms with Crippen molar-refractivity contribution in [3.63, 3.8) is 0 Å². The summed E-state index contributed by atoms with van der Waals surface area (Å²) in [6, 6.07) is 17.0. The van der Waals surface area contributed by atoms with Gasteiger partial charge in [-0.1, -0.05) is 57.2 Å². The summed E-state index contributed by atoms with van der Waals surface area (Å²) in [7, 11) is 0. The van der Waals surface area contributed by atoms with E-state index < -0.39 is 0 Å². The first-order valence-electron chi connectivity index (χ1n) is 10.3. The van der Waals surface area contributed by atoms with Crippen LogP contribution < -0.4 is 10.6 Å². The summed E-state index contributed by atoms with van der Waals surface area (Å²) in [5, 5.41) is 6.39. The van der Waals surface area contributed by atoms with E-state index in [4.69, 9.17) is 0 Å². The van der Waals surface area contributed by atoms with E-state index in [2.05, 4.69) is 22.5 Å². The molecule has 0 fully saturated rings. The molecule has 3 aromatic rings. The van der Waals surface area contributed by atoms with Crippen molar-refractivity contribution in [1.29, 1.82) is 0 Å². The Kier molecular flexibility index (Phi) is 7.36. The van der Waals surface area contributed by atoms with Crippen LogP contribution in [0.5, 0.6) is 0 Å². The average Bonchev–Trinajstić information content (AvgIpc) is 3.18. The molecule has 6 heteroatoms. The molecule has 5 nitrogen and oxygen atoms in total. The number of benzene rings is 2. The number of rotatable bonds is 8. The number of hydrogen-bond donors (Lipinski definition) is 2. The summed E-state index contributed by atoms with van der Waals surface area (Å²) >= 11 is 1.49. The van der Waals surface area contributed by atoms with E-state index in [-0.39, 0.29) is 17.7 Å². The zero-order valence-electron chi connectivity index (χ0n) is 17.6. The molecule has 0 aliphatic heterocycles. The van der Waals surface area contributed by atoms with Crippen molar-refractivity contribution in [1.82, 2.24) is 4.98 Å². The number of nitrogens with zero attached hydrogens (tertiary/aromatic N) is 1. The monoisotopic (exact) mass is 421 g/mol. The van der Waals surface area contributed by atoms with Gasteiger partial charge in [-0.05, 0) is 37.5 Å². The van der Waals surface area contributed by atoms with Gasteiger partial charge in [-0.15, -0.1) is 11.3 Å². The minimum atomic E-state index is -0.246. The number of aryl methyl sites for hydroxylation is 1. The van der Waals surface area contributed by atoms with Crippen LogP contribution in [0.4, 0.5) is 10.8 Å². The van der Waals surface area contributed by atoms with Gasteiger partial charge in [0.1, 0.15) is 0 Å². The van der Waals surface area contributed by atoms with Gasteiger partial charge < -0.3 is 5.32 Å². The smallest absolute Gasteiger partial charge is 0.257 e. The zero-order chi connectivity index (χ0) is 21.5.